The summed E-state index contributed by atoms with van der Waals surface area (Å²) in [4.78, 5) is 27.1. The van der Waals surface area contributed by atoms with Crippen LogP contribution >= 0.6 is 0 Å². The number of nitrogens with zero attached hydrogens (tertiary/aromatic N) is 1. The number of aliphatic carboxylic acids is 1. The van der Waals surface area contributed by atoms with Gasteiger partial charge in [0, 0.05) is 5.69 Å². The number of aryl methyl sites for hydroxylation is 1. The Morgan fingerprint density at radius 3 is 2.68 bits per heavy atom. The topological polar surface area (TPSA) is 91.3 Å². The Kier molecular flexibility index (Phi) is 3.69. The van der Waals surface area contributed by atoms with E-state index in [-0.39, 0.29) is 6.54 Å². The molecule has 1 aliphatic carbocycles. The Balaban J connectivity index is 1.86. The first-order valence-electron chi connectivity index (χ1n) is 6.24. The summed E-state index contributed by atoms with van der Waals surface area (Å²) in [6.07, 6.45) is 1.79. The number of amides is 2. The molecule has 0 unspecified atom stereocenters. The summed E-state index contributed by atoms with van der Waals surface area (Å²) in [5.41, 5.74) is 0.540. The second-order valence-corrected chi connectivity index (χ2v) is 4.82. The Morgan fingerprint density at radius 2 is 2.16 bits per heavy atom. The first-order valence-corrected chi connectivity index (χ1v) is 6.24. The number of aromatic nitrogens is 1. The normalized spacial score (nSPS) is 16.3. The molecule has 0 aliphatic heterocycles. The van der Waals surface area contributed by atoms with Crippen molar-refractivity contribution in [1.29, 1.82) is 0 Å². The largest absolute Gasteiger partial charge is 0.480 e. The molecular weight excluding hydrogens is 246 g/mol. The minimum absolute atomic E-state index is 0.281. The van der Waals surface area contributed by atoms with E-state index in [1.807, 2.05) is 25.1 Å². The Labute approximate surface area is 111 Å². The molecular formula is C13H17N3O3. The number of rotatable bonds is 4. The van der Waals surface area contributed by atoms with Crippen LogP contribution in [0.4, 0.5) is 4.79 Å². The number of carbonyl (C=O) groups excluding carboxylic acids is 1. The van der Waals surface area contributed by atoms with E-state index in [1.54, 1.807) is 0 Å². The lowest BCUT2D eigenvalue weighted by Crippen LogP contribution is -2.61. The van der Waals surface area contributed by atoms with Gasteiger partial charge in [0.2, 0.25) is 0 Å². The van der Waals surface area contributed by atoms with Crippen LogP contribution in [0, 0.1) is 6.92 Å². The van der Waals surface area contributed by atoms with Crippen molar-refractivity contribution >= 4 is 12.0 Å². The zero-order valence-electron chi connectivity index (χ0n) is 10.8. The van der Waals surface area contributed by atoms with Crippen LogP contribution in [0.5, 0.6) is 0 Å². The minimum Gasteiger partial charge on any atom is -0.480 e. The number of carboxylic acid groups (broad SMARTS) is 1. The predicted octanol–water partition coefficient (Wildman–Crippen LogP) is 1.20. The number of carbonyl (C=O) groups is 2. The van der Waals surface area contributed by atoms with Crippen LogP contribution in [0.3, 0.4) is 0 Å². The van der Waals surface area contributed by atoms with Gasteiger partial charge in [-0.05, 0) is 38.3 Å². The first kappa shape index (κ1) is 13.3. The van der Waals surface area contributed by atoms with Gasteiger partial charge in [0.25, 0.3) is 0 Å². The average molecular weight is 263 g/mol. The number of carboxylic acids is 1. The summed E-state index contributed by atoms with van der Waals surface area (Å²) in [5, 5.41) is 14.3. The zero-order valence-corrected chi connectivity index (χ0v) is 10.8. The van der Waals surface area contributed by atoms with Crippen molar-refractivity contribution in [3.63, 3.8) is 0 Å². The second-order valence-electron chi connectivity index (χ2n) is 4.82. The number of hydrogen-bond donors (Lipinski definition) is 3. The minimum atomic E-state index is -1.08. The van der Waals surface area contributed by atoms with Crippen molar-refractivity contribution < 1.29 is 14.7 Å². The summed E-state index contributed by atoms with van der Waals surface area (Å²) in [6, 6.07) is 5.08. The van der Waals surface area contributed by atoms with Gasteiger partial charge in [0.05, 0.1) is 12.2 Å². The quantitative estimate of drug-likeness (QED) is 0.761. The monoisotopic (exact) mass is 263 g/mol. The maximum Gasteiger partial charge on any atom is 0.329 e. The number of urea groups is 1. The van der Waals surface area contributed by atoms with Gasteiger partial charge in [0.1, 0.15) is 5.54 Å². The molecule has 19 heavy (non-hydrogen) atoms. The molecule has 102 valence electrons. The summed E-state index contributed by atoms with van der Waals surface area (Å²) < 4.78 is 0. The molecule has 1 aliphatic rings. The Bertz CT molecular complexity index is 498. The van der Waals surface area contributed by atoms with Crippen molar-refractivity contribution in [3.05, 3.63) is 29.6 Å². The summed E-state index contributed by atoms with van der Waals surface area (Å²) in [5.74, 6) is -0.970. The molecule has 1 heterocycles. The fraction of sp³-hybridized carbons (Fsp3) is 0.462. The van der Waals surface area contributed by atoms with Crippen molar-refractivity contribution in [3.8, 4) is 0 Å². The lowest BCUT2D eigenvalue weighted by atomic mass is 9.77. The summed E-state index contributed by atoms with van der Waals surface area (Å²) in [7, 11) is 0. The third kappa shape index (κ3) is 3.01. The van der Waals surface area contributed by atoms with E-state index < -0.39 is 17.5 Å². The van der Waals surface area contributed by atoms with Crippen LogP contribution in [0.2, 0.25) is 0 Å². The van der Waals surface area contributed by atoms with E-state index in [9.17, 15) is 9.59 Å². The third-order valence-corrected chi connectivity index (χ3v) is 3.35. The van der Waals surface area contributed by atoms with E-state index in [4.69, 9.17) is 5.11 Å². The Hall–Kier alpha value is -2.11. The number of hydrogen-bond acceptors (Lipinski definition) is 3. The maximum atomic E-state index is 11.7. The molecule has 0 saturated heterocycles. The SMILES string of the molecule is Cc1cccc(CNC(=O)NC2(C(=O)O)CCC2)n1. The van der Waals surface area contributed by atoms with E-state index in [0.717, 1.165) is 17.8 Å². The van der Waals surface area contributed by atoms with Gasteiger partial charge in [-0.25, -0.2) is 9.59 Å². The summed E-state index contributed by atoms with van der Waals surface area (Å²) in [6.45, 7) is 2.15. The molecule has 3 N–H and O–H groups in total. The van der Waals surface area contributed by atoms with Gasteiger partial charge in [-0.2, -0.15) is 0 Å². The van der Waals surface area contributed by atoms with Gasteiger partial charge < -0.3 is 15.7 Å². The van der Waals surface area contributed by atoms with E-state index in [2.05, 4.69) is 15.6 Å². The van der Waals surface area contributed by atoms with Crippen LogP contribution in [0.1, 0.15) is 30.7 Å². The fourth-order valence-corrected chi connectivity index (χ4v) is 2.05. The van der Waals surface area contributed by atoms with Gasteiger partial charge in [0.15, 0.2) is 0 Å². The molecule has 1 aromatic heterocycles. The number of pyridine rings is 1. The van der Waals surface area contributed by atoms with Gasteiger partial charge >= 0.3 is 12.0 Å². The molecule has 1 fully saturated rings. The van der Waals surface area contributed by atoms with E-state index >= 15 is 0 Å². The molecule has 0 radical (unpaired) electrons. The molecule has 0 aromatic carbocycles. The highest BCUT2D eigenvalue weighted by Crippen LogP contribution is 2.31. The smallest absolute Gasteiger partial charge is 0.329 e. The van der Waals surface area contributed by atoms with Crippen molar-refractivity contribution in [2.24, 2.45) is 0 Å². The van der Waals surface area contributed by atoms with Crippen molar-refractivity contribution in [2.75, 3.05) is 0 Å². The maximum absolute atomic E-state index is 11.7. The van der Waals surface area contributed by atoms with Crippen LogP contribution in [-0.2, 0) is 11.3 Å². The van der Waals surface area contributed by atoms with Gasteiger partial charge in [-0.1, -0.05) is 6.07 Å². The molecule has 0 spiro atoms. The molecule has 2 amide bonds. The van der Waals surface area contributed by atoms with E-state index in [0.29, 0.717) is 12.8 Å². The van der Waals surface area contributed by atoms with E-state index in [1.165, 1.54) is 0 Å². The van der Waals surface area contributed by atoms with Crippen molar-refractivity contribution in [2.45, 2.75) is 38.3 Å². The first-order chi connectivity index (χ1) is 9.02. The van der Waals surface area contributed by atoms with Crippen LogP contribution in [0.15, 0.2) is 18.2 Å². The molecule has 6 heteroatoms. The van der Waals surface area contributed by atoms with Crippen LogP contribution in [-0.4, -0.2) is 27.6 Å². The average Bonchev–Trinajstić information content (AvgIpc) is 2.31. The lowest BCUT2D eigenvalue weighted by molar-refractivity contribution is -0.148. The predicted molar refractivity (Wildman–Crippen MR) is 68.6 cm³/mol. The molecule has 1 aromatic rings. The molecule has 1 saturated carbocycles. The highest BCUT2D eigenvalue weighted by Gasteiger charge is 2.45. The lowest BCUT2D eigenvalue weighted by Gasteiger charge is -2.38. The Morgan fingerprint density at radius 1 is 1.42 bits per heavy atom. The van der Waals surface area contributed by atoms with Crippen LogP contribution < -0.4 is 10.6 Å². The summed E-state index contributed by atoms with van der Waals surface area (Å²) >= 11 is 0. The zero-order chi connectivity index (χ0) is 13.9. The standard InChI is InChI=1S/C13H17N3O3/c1-9-4-2-5-10(15-9)8-14-12(19)16-13(11(17)18)6-3-7-13/h2,4-5H,3,6-8H2,1H3,(H,17,18)(H2,14,16,19). The van der Waals surface area contributed by atoms with Crippen molar-refractivity contribution in [1.82, 2.24) is 15.6 Å². The molecule has 6 nitrogen and oxygen atoms in total. The van der Waals surface area contributed by atoms with Crippen LogP contribution in [0.25, 0.3) is 0 Å². The van der Waals surface area contributed by atoms with Gasteiger partial charge in [-0.15, -0.1) is 0 Å². The molecule has 0 bridgehead atoms. The highest BCUT2D eigenvalue weighted by atomic mass is 16.4. The molecule has 2 rings (SSSR count). The van der Waals surface area contributed by atoms with Gasteiger partial charge in [-0.3, -0.25) is 4.98 Å². The second kappa shape index (κ2) is 5.26. The third-order valence-electron chi connectivity index (χ3n) is 3.35. The highest BCUT2D eigenvalue weighted by molar-refractivity contribution is 5.87. The molecule has 0 atom stereocenters. The number of nitrogens with one attached hydrogen (secondary N) is 2. The fourth-order valence-electron chi connectivity index (χ4n) is 2.05.